The Morgan fingerprint density at radius 1 is 0.800 bits per heavy atom. The summed E-state index contributed by atoms with van der Waals surface area (Å²) in [5, 5.41) is 6.22. The number of rotatable bonds is 8. The Hall–Kier alpha value is -3.02. The van der Waals surface area contributed by atoms with E-state index in [1.807, 2.05) is 38.1 Å². The molecule has 2 aromatic rings. The molecule has 0 aliphatic heterocycles. The Kier molecular flexibility index (Phi) is 7.71. The van der Waals surface area contributed by atoms with Crippen molar-refractivity contribution in [3.63, 3.8) is 0 Å². The first-order valence-electron chi connectivity index (χ1n) is 10.7. The van der Waals surface area contributed by atoms with Crippen LogP contribution in [0.25, 0.3) is 0 Å². The summed E-state index contributed by atoms with van der Waals surface area (Å²) in [6.07, 6.45) is 3.72. The minimum atomic E-state index is -0.152. The Labute approximate surface area is 178 Å². The number of ether oxygens (including phenoxy) is 2. The third-order valence-electron chi connectivity index (χ3n) is 5.21. The monoisotopic (exact) mass is 410 g/mol. The molecule has 30 heavy (non-hydrogen) atoms. The quantitative estimate of drug-likeness (QED) is 0.691. The van der Waals surface area contributed by atoms with Gasteiger partial charge in [0, 0.05) is 23.2 Å². The van der Waals surface area contributed by atoms with Crippen molar-refractivity contribution in [1.82, 2.24) is 10.6 Å². The zero-order chi connectivity index (χ0) is 21.3. The highest BCUT2D eigenvalue weighted by atomic mass is 16.5. The zero-order valence-corrected chi connectivity index (χ0v) is 17.6. The lowest BCUT2D eigenvalue weighted by atomic mass is 9.89. The van der Waals surface area contributed by atoms with Crippen LogP contribution in [-0.4, -0.2) is 37.1 Å². The fourth-order valence-corrected chi connectivity index (χ4v) is 3.77. The molecule has 1 aliphatic carbocycles. The Morgan fingerprint density at radius 3 is 1.63 bits per heavy atom. The number of hydrogen-bond acceptors (Lipinski definition) is 4. The number of hydrogen-bond donors (Lipinski definition) is 2. The van der Waals surface area contributed by atoms with Crippen LogP contribution < -0.4 is 20.1 Å². The van der Waals surface area contributed by atoms with Gasteiger partial charge in [0.1, 0.15) is 11.5 Å². The molecular weight excluding hydrogens is 380 g/mol. The van der Waals surface area contributed by atoms with Crippen LogP contribution in [0.1, 0.15) is 60.2 Å². The number of carbonyl (C=O) groups excluding carboxylic acids is 2. The molecule has 1 aliphatic rings. The van der Waals surface area contributed by atoms with E-state index in [9.17, 15) is 9.59 Å². The van der Waals surface area contributed by atoms with Gasteiger partial charge < -0.3 is 20.1 Å². The molecule has 2 atom stereocenters. The predicted molar refractivity (Wildman–Crippen MR) is 116 cm³/mol. The lowest BCUT2D eigenvalue weighted by Crippen LogP contribution is -2.53. The van der Waals surface area contributed by atoms with Gasteiger partial charge in [-0.25, -0.2) is 0 Å². The third kappa shape index (κ3) is 5.75. The lowest BCUT2D eigenvalue weighted by Gasteiger charge is -2.33. The molecule has 2 N–H and O–H groups in total. The predicted octanol–water partition coefficient (Wildman–Crippen LogP) is 3.96. The second-order valence-corrected chi connectivity index (χ2v) is 7.37. The first-order valence-corrected chi connectivity index (χ1v) is 10.7. The average molecular weight is 411 g/mol. The minimum absolute atomic E-state index is 0.110. The van der Waals surface area contributed by atoms with Gasteiger partial charge in [-0.3, -0.25) is 9.59 Å². The maximum absolute atomic E-state index is 12.8. The topological polar surface area (TPSA) is 76.7 Å². The molecule has 2 amide bonds. The normalized spacial score (nSPS) is 18.3. The van der Waals surface area contributed by atoms with Crippen LogP contribution in [0.15, 0.2) is 48.5 Å². The van der Waals surface area contributed by atoms with Crippen LogP contribution in [0, 0.1) is 0 Å². The summed E-state index contributed by atoms with van der Waals surface area (Å²) in [4.78, 5) is 25.6. The van der Waals surface area contributed by atoms with Crippen LogP contribution in [-0.2, 0) is 0 Å². The van der Waals surface area contributed by atoms with Crippen molar-refractivity contribution in [3.8, 4) is 11.5 Å². The van der Waals surface area contributed by atoms with Crippen molar-refractivity contribution in [2.45, 2.75) is 51.6 Å². The SMILES string of the molecule is CCOc1cccc(C(=O)NC2CCCCC2NC(=O)c2cccc(OCC)c2)c1. The summed E-state index contributed by atoms with van der Waals surface area (Å²) in [5.74, 6) is 1.04. The molecule has 6 heteroatoms. The van der Waals surface area contributed by atoms with Crippen molar-refractivity contribution in [2.75, 3.05) is 13.2 Å². The zero-order valence-electron chi connectivity index (χ0n) is 17.6. The van der Waals surface area contributed by atoms with Crippen LogP contribution >= 0.6 is 0 Å². The largest absolute Gasteiger partial charge is 0.494 e. The average Bonchev–Trinajstić information content (AvgIpc) is 2.76. The summed E-state index contributed by atoms with van der Waals surface area (Å²) in [5.41, 5.74) is 1.11. The van der Waals surface area contributed by atoms with Gasteiger partial charge in [-0.2, -0.15) is 0 Å². The van der Waals surface area contributed by atoms with Gasteiger partial charge in [0.15, 0.2) is 0 Å². The summed E-state index contributed by atoms with van der Waals surface area (Å²) in [6, 6.07) is 14.1. The van der Waals surface area contributed by atoms with Gasteiger partial charge in [-0.15, -0.1) is 0 Å². The first kappa shape index (κ1) is 21.7. The van der Waals surface area contributed by atoms with Crippen LogP contribution in [0.3, 0.4) is 0 Å². The van der Waals surface area contributed by atoms with E-state index in [1.165, 1.54) is 0 Å². The van der Waals surface area contributed by atoms with E-state index in [0.717, 1.165) is 25.7 Å². The highest BCUT2D eigenvalue weighted by Crippen LogP contribution is 2.21. The standard InChI is InChI=1S/C24H30N2O4/c1-3-29-19-11-7-9-17(15-19)23(27)25-21-13-5-6-14-22(21)26-24(28)18-10-8-12-20(16-18)30-4-2/h7-12,15-16,21-22H,3-6,13-14H2,1-2H3,(H,25,27)(H,26,28). The van der Waals surface area contributed by atoms with Crippen molar-refractivity contribution in [1.29, 1.82) is 0 Å². The molecule has 0 heterocycles. The highest BCUT2D eigenvalue weighted by molar-refractivity contribution is 5.96. The molecular formula is C24H30N2O4. The smallest absolute Gasteiger partial charge is 0.251 e. The Balaban J connectivity index is 1.66. The van der Waals surface area contributed by atoms with Gasteiger partial charge in [0.25, 0.3) is 11.8 Å². The second kappa shape index (κ2) is 10.7. The van der Waals surface area contributed by atoms with E-state index in [-0.39, 0.29) is 23.9 Å². The summed E-state index contributed by atoms with van der Waals surface area (Å²) < 4.78 is 11.0. The number of amides is 2. The second-order valence-electron chi connectivity index (χ2n) is 7.37. The van der Waals surface area contributed by atoms with Crippen LogP contribution in [0.4, 0.5) is 0 Å². The molecule has 0 bridgehead atoms. The van der Waals surface area contributed by atoms with Crippen LogP contribution in [0.2, 0.25) is 0 Å². The molecule has 2 unspecified atom stereocenters. The summed E-state index contributed by atoms with van der Waals surface area (Å²) >= 11 is 0. The Bertz CT molecular complexity index is 796. The minimum Gasteiger partial charge on any atom is -0.494 e. The summed E-state index contributed by atoms with van der Waals surface area (Å²) in [6.45, 7) is 4.91. The van der Waals surface area contributed by atoms with Crippen molar-refractivity contribution < 1.29 is 19.1 Å². The summed E-state index contributed by atoms with van der Waals surface area (Å²) in [7, 11) is 0. The number of nitrogens with one attached hydrogen (secondary N) is 2. The van der Waals surface area contributed by atoms with Crippen molar-refractivity contribution in [2.24, 2.45) is 0 Å². The van der Waals surface area contributed by atoms with E-state index in [0.29, 0.717) is 35.8 Å². The molecule has 0 spiro atoms. The van der Waals surface area contributed by atoms with E-state index in [1.54, 1.807) is 24.3 Å². The van der Waals surface area contributed by atoms with E-state index >= 15 is 0 Å². The molecule has 3 rings (SSSR count). The number of benzene rings is 2. The highest BCUT2D eigenvalue weighted by Gasteiger charge is 2.28. The van der Waals surface area contributed by atoms with E-state index < -0.39 is 0 Å². The maximum atomic E-state index is 12.8. The lowest BCUT2D eigenvalue weighted by molar-refractivity contribution is 0.0862. The third-order valence-corrected chi connectivity index (χ3v) is 5.21. The molecule has 6 nitrogen and oxygen atoms in total. The van der Waals surface area contributed by atoms with Crippen molar-refractivity contribution in [3.05, 3.63) is 59.7 Å². The van der Waals surface area contributed by atoms with Gasteiger partial charge in [0.2, 0.25) is 0 Å². The van der Waals surface area contributed by atoms with Crippen LogP contribution in [0.5, 0.6) is 11.5 Å². The fraction of sp³-hybridized carbons (Fsp3) is 0.417. The molecule has 0 saturated heterocycles. The fourth-order valence-electron chi connectivity index (χ4n) is 3.77. The number of carbonyl (C=O) groups is 2. The van der Waals surface area contributed by atoms with E-state index in [4.69, 9.17) is 9.47 Å². The maximum Gasteiger partial charge on any atom is 0.251 e. The first-order chi connectivity index (χ1) is 14.6. The van der Waals surface area contributed by atoms with E-state index in [2.05, 4.69) is 10.6 Å². The van der Waals surface area contributed by atoms with Gasteiger partial charge in [0.05, 0.1) is 13.2 Å². The molecule has 160 valence electrons. The molecule has 0 aromatic heterocycles. The molecule has 2 aromatic carbocycles. The Morgan fingerprint density at radius 2 is 1.23 bits per heavy atom. The van der Waals surface area contributed by atoms with Gasteiger partial charge in [-0.05, 0) is 63.1 Å². The molecule has 1 fully saturated rings. The van der Waals surface area contributed by atoms with Gasteiger partial charge in [-0.1, -0.05) is 25.0 Å². The molecule has 1 saturated carbocycles. The van der Waals surface area contributed by atoms with Gasteiger partial charge >= 0.3 is 0 Å². The molecule has 0 radical (unpaired) electrons. The van der Waals surface area contributed by atoms with Crippen molar-refractivity contribution >= 4 is 11.8 Å².